The molecule has 5 rings (SSSR count). The molecule has 6 heteroatoms. The van der Waals surface area contributed by atoms with Gasteiger partial charge in [-0.15, -0.1) is 0 Å². The molecule has 4 aromatic rings. The van der Waals surface area contributed by atoms with Crippen molar-refractivity contribution in [1.29, 1.82) is 0 Å². The topological polar surface area (TPSA) is 58.7 Å². The Balaban J connectivity index is 1.40. The van der Waals surface area contributed by atoms with E-state index < -0.39 is 0 Å². The first-order valence-electron chi connectivity index (χ1n) is 10.4. The van der Waals surface area contributed by atoms with Gasteiger partial charge in [0.25, 0.3) is 0 Å². The van der Waals surface area contributed by atoms with Gasteiger partial charge in [0, 0.05) is 61.1 Å². The number of likely N-dealkylation sites (tertiary alicyclic amines) is 1. The Kier molecular flexibility index (Phi) is 4.82. The third kappa shape index (κ3) is 3.50. The summed E-state index contributed by atoms with van der Waals surface area (Å²) in [7, 11) is 2.06. The van der Waals surface area contributed by atoms with Crippen LogP contribution in [0.5, 0.6) is 0 Å². The van der Waals surface area contributed by atoms with Crippen LogP contribution >= 0.6 is 0 Å². The van der Waals surface area contributed by atoms with Crippen molar-refractivity contribution in [3.63, 3.8) is 0 Å². The lowest BCUT2D eigenvalue weighted by Gasteiger charge is -2.39. The SMILES string of the molecule is C=N/C(=N\c1ccccc1C)N1CC(c2nccnc2-c2ccc3c(ccn3C)c2)C1. The second-order valence-electron chi connectivity index (χ2n) is 7.95. The largest absolute Gasteiger partial charge is 0.351 e. The molecule has 1 aliphatic heterocycles. The predicted molar refractivity (Wildman–Crippen MR) is 126 cm³/mol. The molecule has 3 heterocycles. The number of nitrogens with zero attached hydrogens (tertiary/aromatic N) is 6. The Bertz CT molecular complexity index is 1300. The van der Waals surface area contributed by atoms with Crippen molar-refractivity contribution in [1.82, 2.24) is 19.4 Å². The van der Waals surface area contributed by atoms with E-state index >= 15 is 0 Å². The molecule has 31 heavy (non-hydrogen) atoms. The maximum Gasteiger partial charge on any atom is 0.225 e. The monoisotopic (exact) mass is 408 g/mol. The van der Waals surface area contributed by atoms with E-state index in [9.17, 15) is 0 Å². The van der Waals surface area contributed by atoms with E-state index in [0.29, 0.717) is 5.96 Å². The number of benzene rings is 2. The van der Waals surface area contributed by atoms with Gasteiger partial charge in [0.05, 0.1) is 17.1 Å². The first-order chi connectivity index (χ1) is 15.1. The van der Waals surface area contributed by atoms with Crippen molar-refractivity contribution in [2.24, 2.45) is 17.0 Å². The van der Waals surface area contributed by atoms with E-state index in [2.05, 4.69) is 63.7 Å². The lowest BCUT2D eigenvalue weighted by Crippen LogP contribution is -2.48. The second kappa shape index (κ2) is 7.80. The Morgan fingerprint density at radius 3 is 2.68 bits per heavy atom. The predicted octanol–water partition coefficient (Wildman–Crippen LogP) is 4.73. The summed E-state index contributed by atoms with van der Waals surface area (Å²) < 4.78 is 2.12. The van der Waals surface area contributed by atoms with Gasteiger partial charge in [0.15, 0.2) is 0 Å². The highest BCUT2D eigenvalue weighted by Gasteiger charge is 2.33. The highest BCUT2D eigenvalue weighted by molar-refractivity contribution is 5.88. The normalized spacial score (nSPS) is 14.6. The summed E-state index contributed by atoms with van der Waals surface area (Å²) in [5.74, 6) is 0.931. The van der Waals surface area contributed by atoms with Crippen LogP contribution in [-0.4, -0.2) is 45.2 Å². The van der Waals surface area contributed by atoms with Crippen molar-refractivity contribution in [2.75, 3.05) is 13.1 Å². The molecule has 0 atom stereocenters. The van der Waals surface area contributed by atoms with E-state index in [0.717, 1.165) is 41.3 Å². The van der Waals surface area contributed by atoms with Gasteiger partial charge in [-0.25, -0.2) is 9.98 Å². The molecular weight excluding hydrogens is 384 g/mol. The van der Waals surface area contributed by atoms with Gasteiger partial charge in [-0.1, -0.05) is 24.3 Å². The molecule has 0 radical (unpaired) electrons. The fraction of sp³-hybridized carbons (Fsp3) is 0.200. The standard InChI is InChI=1S/C25H24N6/c1-17-6-4-5-7-21(17)29-25(26-2)31-15-20(16-31)24-23(27-11-12-28-24)19-8-9-22-18(14-19)10-13-30(22)3/h4-14,20H,2,15-16H2,1,3H3/b29-25+. The summed E-state index contributed by atoms with van der Waals surface area (Å²) in [6.45, 7) is 7.37. The van der Waals surface area contributed by atoms with Gasteiger partial charge in [-0.05, 0) is 43.5 Å². The van der Waals surface area contributed by atoms with Crippen LogP contribution in [0.15, 0.2) is 77.1 Å². The molecule has 1 aliphatic rings. The average Bonchev–Trinajstić information content (AvgIpc) is 3.14. The van der Waals surface area contributed by atoms with Gasteiger partial charge in [0.2, 0.25) is 5.96 Å². The minimum absolute atomic E-state index is 0.277. The molecule has 0 saturated carbocycles. The average molecular weight is 409 g/mol. The summed E-state index contributed by atoms with van der Waals surface area (Å²) in [4.78, 5) is 20.4. The van der Waals surface area contributed by atoms with Crippen molar-refractivity contribution in [2.45, 2.75) is 12.8 Å². The van der Waals surface area contributed by atoms with E-state index in [-0.39, 0.29) is 5.92 Å². The zero-order chi connectivity index (χ0) is 21.4. The van der Waals surface area contributed by atoms with Gasteiger partial charge < -0.3 is 9.47 Å². The summed E-state index contributed by atoms with van der Waals surface area (Å²) in [6.07, 6.45) is 5.62. The number of aromatic nitrogens is 3. The van der Waals surface area contributed by atoms with E-state index in [1.54, 1.807) is 12.4 Å². The van der Waals surface area contributed by atoms with Crippen LogP contribution in [0.2, 0.25) is 0 Å². The van der Waals surface area contributed by atoms with Gasteiger partial charge >= 0.3 is 0 Å². The molecule has 2 aromatic heterocycles. The van der Waals surface area contributed by atoms with Crippen LogP contribution in [-0.2, 0) is 7.05 Å². The Hall–Kier alpha value is -3.80. The van der Waals surface area contributed by atoms with Gasteiger partial charge in [0.1, 0.15) is 0 Å². The third-order valence-electron chi connectivity index (χ3n) is 5.91. The maximum absolute atomic E-state index is 4.72. The molecular formula is C25H24N6. The van der Waals surface area contributed by atoms with Crippen LogP contribution < -0.4 is 0 Å². The minimum Gasteiger partial charge on any atom is -0.351 e. The summed E-state index contributed by atoms with van der Waals surface area (Å²) in [6, 6.07) is 16.6. The molecule has 1 saturated heterocycles. The van der Waals surface area contributed by atoms with Crippen LogP contribution in [0.1, 0.15) is 17.2 Å². The first kappa shape index (κ1) is 19.2. The number of hydrogen-bond donors (Lipinski definition) is 0. The molecule has 0 unspecified atom stereocenters. The number of guanidine groups is 1. The van der Waals surface area contributed by atoms with Crippen molar-refractivity contribution in [3.8, 4) is 11.3 Å². The molecule has 0 bridgehead atoms. The number of fused-ring (bicyclic) bond motifs is 1. The molecule has 0 amide bonds. The van der Waals surface area contributed by atoms with Crippen LogP contribution in [0.25, 0.3) is 22.2 Å². The van der Waals surface area contributed by atoms with E-state index in [1.807, 2.05) is 31.2 Å². The van der Waals surface area contributed by atoms with Crippen LogP contribution in [0.4, 0.5) is 5.69 Å². The smallest absolute Gasteiger partial charge is 0.225 e. The molecule has 154 valence electrons. The fourth-order valence-corrected chi connectivity index (χ4v) is 4.12. The Morgan fingerprint density at radius 1 is 1.06 bits per heavy atom. The fourth-order valence-electron chi connectivity index (χ4n) is 4.12. The summed E-state index contributed by atoms with van der Waals surface area (Å²) in [5.41, 5.74) is 6.31. The van der Waals surface area contributed by atoms with Crippen LogP contribution in [0, 0.1) is 6.92 Å². The molecule has 0 spiro atoms. The van der Waals surface area contributed by atoms with Gasteiger partial charge in [-0.2, -0.15) is 0 Å². The van der Waals surface area contributed by atoms with E-state index in [4.69, 9.17) is 9.98 Å². The molecule has 6 nitrogen and oxygen atoms in total. The lowest BCUT2D eigenvalue weighted by molar-refractivity contribution is 0.246. The quantitative estimate of drug-likeness (QED) is 0.364. The molecule has 2 aromatic carbocycles. The zero-order valence-electron chi connectivity index (χ0n) is 17.7. The summed E-state index contributed by atoms with van der Waals surface area (Å²) in [5, 5.41) is 1.20. The van der Waals surface area contributed by atoms with Gasteiger partial charge in [-0.3, -0.25) is 9.97 Å². The van der Waals surface area contributed by atoms with Crippen molar-refractivity contribution < 1.29 is 0 Å². The maximum atomic E-state index is 4.72. The van der Waals surface area contributed by atoms with E-state index in [1.165, 1.54) is 10.9 Å². The van der Waals surface area contributed by atoms with Crippen molar-refractivity contribution in [3.05, 3.63) is 78.4 Å². The third-order valence-corrected chi connectivity index (χ3v) is 5.91. The first-order valence-corrected chi connectivity index (χ1v) is 10.4. The molecule has 0 aliphatic carbocycles. The second-order valence-corrected chi connectivity index (χ2v) is 7.95. The Morgan fingerprint density at radius 2 is 1.87 bits per heavy atom. The number of aryl methyl sites for hydroxylation is 2. The Labute approximate surface area is 181 Å². The highest BCUT2D eigenvalue weighted by Crippen LogP contribution is 2.34. The zero-order valence-corrected chi connectivity index (χ0v) is 17.7. The minimum atomic E-state index is 0.277. The number of para-hydroxylation sites is 1. The summed E-state index contributed by atoms with van der Waals surface area (Å²) >= 11 is 0. The molecule has 0 N–H and O–H groups in total. The number of hydrogen-bond acceptors (Lipinski definition) is 3. The lowest BCUT2D eigenvalue weighted by atomic mass is 9.92. The van der Waals surface area contributed by atoms with Crippen molar-refractivity contribution >= 4 is 29.3 Å². The van der Waals surface area contributed by atoms with Crippen LogP contribution in [0.3, 0.4) is 0 Å². The molecule has 1 fully saturated rings. The highest BCUT2D eigenvalue weighted by atomic mass is 15.3. The number of rotatable bonds is 3. The number of aliphatic imine (C=N–C) groups is 2.